The Labute approximate surface area is 182 Å². The second-order valence-electron chi connectivity index (χ2n) is 8.81. The van der Waals surface area contributed by atoms with Crippen molar-refractivity contribution < 1.29 is 19.2 Å². The molecule has 2 saturated heterocycles. The third-order valence-electron chi connectivity index (χ3n) is 6.82. The van der Waals surface area contributed by atoms with E-state index in [1.165, 1.54) is 4.90 Å². The maximum Gasteiger partial charge on any atom is 0.327 e. The first-order valence-corrected chi connectivity index (χ1v) is 11.2. The minimum absolute atomic E-state index is 0.0402. The highest BCUT2D eigenvalue weighted by atomic mass is 16.2. The minimum Gasteiger partial charge on any atom is -0.339 e. The zero-order valence-corrected chi connectivity index (χ0v) is 18.1. The van der Waals surface area contributed by atoms with Gasteiger partial charge in [-0.2, -0.15) is 0 Å². The van der Waals surface area contributed by atoms with Crippen LogP contribution >= 0.6 is 0 Å². The van der Waals surface area contributed by atoms with Gasteiger partial charge in [0.15, 0.2) is 0 Å². The predicted molar refractivity (Wildman–Crippen MR) is 116 cm³/mol. The number of benzene rings is 1. The first-order valence-electron chi connectivity index (χ1n) is 11.2. The van der Waals surface area contributed by atoms with Crippen molar-refractivity contribution in [2.75, 3.05) is 32.0 Å². The van der Waals surface area contributed by atoms with Crippen LogP contribution in [0.25, 0.3) is 0 Å². The zero-order chi connectivity index (χ0) is 22.0. The summed E-state index contributed by atoms with van der Waals surface area (Å²) in [5, 5.41) is 2.74. The number of nitrogens with one attached hydrogen (secondary N) is 1. The van der Waals surface area contributed by atoms with E-state index in [9.17, 15) is 19.2 Å². The number of imide groups is 1. The lowest BCUT2D eigenvalue weighted by Crippen LogP contribution is -2.49. The lowest BCUT2D eigenvalue weighted by atomic mass is 9.81. The Kier molecular flexibility index (Phi) is 5.98. The van der Waals surface area contributed by atoms with Crippen LogP contribution < -0.4 is 5.32 Å². The van der Waals surface area contributed by atoms with E-state index in [0.29, 0.717) is 24.1 Å². The lowest BCUT2D eigenvalue weighted by Gasteiger charge is -2.35. The number of carbonyl (C=O) groups is 4. The Morgan fingerprint density at radius 3 is 2.39 bits per heavy atom. The summed E-state index contributed by atoms with van der Waals surface area (Å²) < 4.78 is 0. The Bertz CT molecular complexity index is 887. The molecule has 5 amide bonds. The number of urea groups is 1. The van der Waals surface area contributed by atoms with Crippen LogP contribution in [0.3, 0.4) is 0 Å². The number of carbonyl (C=O) groups excluding carboxylic acids is 4. The molecule has 1 aliphatic carbocycles. The predicted octanol–water partition coefficient (Wildman–Crippen LogP) is 2.85. The molecule has 4 rings (SSSR count). The van der Waals surface area contributed by atoms with Crippen LogP contribution in [-0.2, 0) is 9.59 Å². The molecule has 3 aliphatic rings. The van der Waals surface area contributed by atoms with Gasteiger partial charge in [0.2, 0.25) is 5.91 Å². The van der Waals surface area contributed by atoms with Crippen LogP contribution in [0.15, 0.2) is 24.3 Å². The average Bonchev–Trinajstić information content (AvgIpc) is 2.96. The van der Waals surface area contributed by atoms with Crippen LogP contribution in [-0.4, -0.2) is 70.7 Å². The first kappa shape index (κ1) is 21.3. The lowest BCUT2D eigenvalue weighted by molar-refractivity contribution is -0.136. The third kappa shape index (κ3) is 4.03. The Balaban J connectivity index is 1.41. The van der Waals surface area contributed by atoms with Gasteiger partial charge in [0.25, 0.3) is 11.8 Å². The number of rotatable bonds is 4. The molecule has 3 fully saturated rings. The van der Waals surface area contributed by atoms with E-state index < -0.39 is 17.5 Å². The average molecular weight is 427 g/mol. The van der Waals surface area contributed by atoms with Gasteiger partial charge in [0.05, 0.1) is 0 Å². The van der Waals surface area contributed by atoms with Crippen LogP contribution in [0.1, 0.15) is 61.7 Å². The summed E-state index contributed by atoms with van der Waals surface area (Å²) in [6.07, 6.45) is 7.32. The number of likely N-dealkylation sites (tertiary alicyclic amines) is 1. The summed E-state index contributed by atoms with van der Waals surface area (Å²) in [5.74, 6) is -0.768. The molecule has 1 spiro atoms. The van der Waals surface area contributed by atoms with Crippen molar-refractivity contribution in [3.8, 4) is 0 Å². The molecule has 8 nitrogen and oxygen atoms in total. The van der Waals surface area contributed by atoms with Gasteiger partial charge >= 0.3 is 6.03 Å². The molecule has 0 bridgehead atoms. The summed E-state index contributed by atoms with van der Waals surface area (Å²) in [4.78, 5) is 55.5. The van der Waals surface area contributed by atoms with Gasteiger partial charge < -0.3 is 15.1 Å². The van der Waals surface area contributed by atoms with Gasteiger partial charge in [-0.15, -0.1) is 0 Å². The summed E-state index contributed by atoms with van der Waals surface area (Å²) in [6.45, 7) is 1.18. The highest BCUT2D eigenvalue weighted by Crippen LogP contribution is 2.39. The Morgan fingerprint density at radius 2 is 1.68 bits per heavy atom. The van der Waals surface area contributed by atoms with Gasteiger partial charge in [-0.1, -0.05) is 25.3 Å². The van der Waals surface area contributed by atoms with E-state index >= 15 is 0 Å². The number of hydrogen-bond acceptors (Lipinski definition) is 4. The van der Waals surface area contributed by atoms with Crippen molar-refractivity contribution in [2.45, 2.75) is 56.9 Å². The van der Waals surface area contributed by atoms with Crippen molar-refractivity contribution in [3.05, 3.63) is 29.8 Å². The maximum atomic E-state index is 13.0. The molecule has 1 aromatic rings. The molecule has 2 aliphatic heterocycles. The molecule has 0 atom stereocenters. The Hall–Kier alpha value is -2.90. The molecule has 1 saturated carbocycles. The molecule has 0 radical (unpaired) electrons. The monoisotopic (exact) mass is 426 g/mol. The second kappa shape index (κ2) is 8.69. The molecular weight excluding hydrogens is 396 g/mol. The SMILES string of the molecule is CN1C(=O)N(CC(=O)Nc2cccc(C(=O)N3CCCCC3)c2)C(=O)C12CCCCC2. The standard InChI is InChI=1S/C23H30N4O4/c1-25-22(31)27(21(30)23(25)11-4-2-5-12-23)16-19(28)24-18-10-8-9-17(15-18)20(29)26-13-6-3-7-14-26/h8-10,15H,2-7,11-14,16H2,1H3,(H,24,28). The second-order valence-corrected chi connectivity index (χ2v) is 8.81. The number of likely N-dealkylation sites (N-methyl/N-ethyl adjacent to an activating group) is 1. The summed E-state index contributed by atoms with van der Waals surface area (Å²) >= 11 is 0. The van der Waals surface area contributed by atoms with Crippen LogP contribution in [0.5, 0.6) is 0 Å². The van der Waals surface area contributed by atoms with E-state index in [1.54, 1.807) is 31.3 Å². The highest BCUT2D eigenvalue weighted by molar-refractivity contribution is 6.10. The number of piperidine rings is 1. The van der Waals surface area contributed by atoms with Gasteiger partial charge in [0, 0.05) is 31.4 Å². The fraction of sp³-hybridized carbons (Fsp3) is 0.565. The maximum absolute atomic E-state index is 13.0. The van der Waals surface area contributed by atoms with E-state index in [1.807, 2.05) is 4.90 Å². The number of amides is 5. The highest BCUT2D eigenvalue weighted by Gasteiger charge is 2.55. The fourth-order valence-electron chi connectivity index (χ4n) is 5.02. The van der Waals surface area contributed by atoms with Gasteiger partial charge in [-0.05, 0) is 50.3 Å². The van der Waals surface area contributed by atoms with Crippen LogP contribution in [0, 0.1) is 0 Å². The third-order valence-corrected chi connectivity index (χ3v) is 6.82. The van der Waals surface area contributed by atoms with Crippen molar-refractivity contribution in [1.82, 2.24) is 14.7 Å². The summed E-state index contributed by atoms with van der Waals surface area (Å²) in [7, 11) is 1.65. The molecule has 1 aromatic carbocycles. The number of nitrogens with zero attached hydrogens (tertiary/aromatic N) is 3. The zero-order valence-electron chi connectivity index (χ0n) is 18.1. The van der Waals surface area contributed by atoms with E-state index in [4.69, 9.17) is 0 Å². The van der Waals surface area contributed by atoms with E-state index in [0.717, 1.165) is 56.5 Å². The first-order chi connectivity index (χ1) is 14.9. The molecule has 0 unspecified atom stereocenters. The molecule has 8 heteroatoms. The number of anilines is 1. The van der Waals surface area contributed by atoms with Gasteiger partial charge in [-0.3, -0.25) is 19.3 Å². The minimum atomic E-state index is -0.795. The van der Waals surface area contributed by atoms with E-state index in [-0.39, 0.29) is 18.4 Å². The molecule has 1 N–H and O–H groups in total. The smallest absolute Gasteiger partial charge is 0.327 e. The molecule has 166 valence electrons. The molecule has 31 heavy (non-hydrogen) atoms. The molecular formula is C23H30N4O4. The fourth-order valence-corrected chi connectivity index (χ4v) is 5.02. The van der Waals surface area contributed by atoms with Crippen LogP contribution in [0.4, 0.5) is 10.5 Å². The Morgan fingerprint density at radius 1 is 1.00 bits per heavy atom. The van der Waals surface area contributed by atoms with Gasteiger partial charge in [0.1, 0.15) is 12.1 Å². The quantitative estimate of drug-likeness (QED) is 0.750. The molecule has 0 aromatic heterocycles. The summed E-state index contributed by atoms with van der Waals surface area (Å²) in [6, 6.07) is 6.40. The number of hydrogen-bond donors (Lipinski definition) is 1. The largest absolute Gasteiger partial charge is 0.339 e. The van der Waals surface area contributed by atoms with E-state index in [2.05, 4.69) is 5.32 Å². The van der Waals surface area contributed by atoms with Crippen LogP contribution in [0.2, 0.25) is 0 Å². The molecule has 2 heterocycles. The van der Waals surface area contributed by atoms with Crippen molar-refractivity contribution >= 4 is 29.4 Å². The van der Waals surface area contributed by atoms with Crippen molar-refractivity contribution in [3.63, 3.8) is 0 Å². The normalized spacial score (nSPS) is 21.0. The van der Waals surface area contributed by atoms with Crippen molar-refractivity contribution in [2.24, 2.45) is 0 Å². The topological polar surface area (TPSA) is 90.0 Å². The summed E-state index contributed by atoms with van der Waals surface area (Å²) in [5.41, 5.74) is 0.206. The van der Waals surface area contributed by atoms with Crippen molar-refractivity contribution in [1.29, 1.82) is 0 Å². The van der Waals surface area contributed by atoms with Gasteiger partial charge in [-0.25, -0.2) is 4.79 Å².